The van der Waals surface area contributed by atoms with Crippen LogP contribution in [-0.4, -0.2) is 78.7 Å². The Bertz CT molecular complexity index is 867. The second-order valence-corrected chi connectivity index (χ2v) is 9.26. The summed E-state index contributed by atoms with van der Waals surface area (Å²) in [5.41, 5.74) is 1.93. The van der Waals surface area contributed by atoms with E-state index in [0.29, 0.717) is 19.6 Å². The van der Waals surface area contributed by atoms with E-state index in [-0.39, 0.29) is 11.7 Å². The molecule has 2 atom stereocenters. The Kier molecular flexibility index (Phi) is 5.85. The number of methoxy groups -OCH3 is 1. The lowest BCUT2D eigenvalue weighted by Gasteiger charge is -2.19. The first-order valence-corrected chi connectivity index (χ1v) is 10.4. The second kappa shape index (κ2) is 7.97. The van der Waals surface area contributed by atoms with Crippen LogP contribution < -0.4 is 4.74 Å². The minimum atomic E-state index is -3.35. The van der Waals surface area contributed by atoms with Crippen molar-refractivity contribution in [1.29, 1.82) is 0 Å². The van der Waals surface area contributed by atoms with Crippen LogP contribution in [0.5, 0.6) is 5.75 Å². The number of nitrogens with zero attached hydrogens (tertiary/aromatic N) is 4. The molecular weight excluding hydrogens is 368 g/mol. The zero-order valence-corrected chi connectivity index (χ0v) is 16.6. The first kappa shape index (κ1) is 19.8. The quantitative estimate of drug-likeness (QED) is 0.739. The van der Waals surface area contributed by atoms with Crippen molar-refractivity contribution in [3.63, 3.8) is 0 Å². The molecule has 0 radical (unpaired) electrons. The average Bonchev–Trinajstić information content (AvgIpc) is 3.25. The van der Waals surface area contributed by atoms with Gasteiger partial charge in [0.05, 0.1) is 24.7 Å². The van der Waals surface area contributed by atoms with E-state index in [1.807, 2.05) is 30.5 Å². The Morgan fingerprint density at radius 1 is 1.33 bits per heavy atom. The number of likely N-dealkylation sites (tertiary alicyclic amines) is 1. The van der Waals surface area contributed by atoms with Gasteiger partial charge in [0, 0.05) is 52.0 Å². The number of aromatic nitrogens is 2. The fraction of sp³-hybridized carbons (Fsp3) is 0.500. The molecule has 1 aromatic heterocycles. The predicted octanol–water partition coefficient (Wildman–Crippen LogP) is 0.565. The van der Waals surface area contributed by atoms with Crippen LogP contribution in [0.1, 0.15) is 5.56 Å². The van der Waals surface area contributed by atoms with Gasteiger partial charge in [0.2, 0.25) is 10.0 Å². The maximum atomic E-state index is 12.2. The van der Waals surface area contributed by atoms with Gasteiger partial charge in [-0.05, 0) is 29.8 Å². The molecule has 1 aromatic carbocycles. The predicted molar refractivity (Wildman–Crippen MR) is 102 cm³/mol. The maximum Gasteiger partial charge on any atom is 0.214 e. The summed E-state index contributed by atoms with van der Waals surface area (Å²) < 4.78 is 32.7. The Morgan fingerprint density at radius 3 is 2.74 bits per heavy atom. The van der Waals surface area contributed by atoms with E-state index in [2.05, 4.69) is 10.00 Å². The Morgan fingerprint density at radius 2 is 2.11 bits per heavy atom. The van der Waals surface area contributed by atoms with Crippen LogP contribution in [-0.2, 0) is 16.6 Å². The number of hydrogen-bond acceptors (Lipinski definition) is 6. The van der Waals surface area contributed by atoms with Crippen LogP contribution >= 0.6 is 0 Å². The first-order chi connectivity index (χ1) is 12.8. The van der Waals surface area contributed by atoms with Crippen LogP contribution in [0.2, 0.25) is 0 Å². The lowest BCUT2D eigenvalue weighted by molar-refractivity contribution is 0.148. The molecule has 0 spiro atoms. The summed E-state index contributed by atoms with van der Waals surface area (Å²) >= 11 is 0. The molecule has 2 heterocycles. The lowest BCUT2D eigenvalue weighted by atomic mass is 10.1. The highest BCUT2D eigenvalue weighted by atomic mass is 32.2. The number of β-amino-alcohol motifs (C(OH)–C–C–N with tert-alkyl or cyclic N) is 1. The van der Waals surface area contributed by atoms with Gasteiger partial charge in [-0.15, -0.1) is 0 Å². The van der Waals surface area contributed by atoms with Crippen molar-refractivity contribution in [2.24, 2.45) is 5.92 Å². The van der Waals surface area contributed by atoms with E-state index in [4.69, 9.17) is 4.74 Å². The summed E-state index contributed by atoms with van der Waals surface area (Å²) in [6.07, 6.45) is 2.92. The molecule has 3 rings (SSSR count). The van der Waals surface area contributed by atoms with Gasteiger partial charge < -0.3 is 9.84 Å². The van der Waals surface area contributed by atoms with Gasteiger partial charge >= 0.3 is 0 Å². The highest BCUT2D eigenvalue weighted by Gasteiger charge is 2.35. The van der Waals surface area contributed by atoms with Crippen LogP contribution in [0.25, 0.3) is 5.69 Å². The molecule has 8 nitrogen and oxygen atoms in total. The number of sulfonamides is 1. The average molecular weight is 394 g/mol. The van der Waals surface area contributed by atoms with E-state index in [1.54, 1.807) is 18.0 Å². The van der Waals surface area contributed by atoms with Crippen molar-refractivity contribution in [3.05, 3.63) is 42.2 Å². The molecule has 0 amide bonds. The molecule has 1 saturated heterocycles. The largest absolute Gasteiger partial charge is 0.497 e. The third-order valence-electron chi connectivity index (χ3n) is 4.89. The van der Waals surface area contributed by atoms with Crippen molar-refractivity contribution in [2.75, 3.05) is 40.0 Å². The summed E-state index contributed by atoms with van der Waals surface area (Å²) in [5, 5.41) is 14.7. The van der Waals surface area contributed by atoms with Crippen molar-refractivity contribution < 1.29 is 18.3 Å². The number of benzene rings is 1. The minimum absolute atomic E-state index is 0.0538. The van der Waals surface area contributed by atoms with Crippen LogP contribution in [0.15, 0.2) is 36.7 Å². The van der Waals surface area contributed by atoms with Crippen molar-refractivity contribution >= 4 is 10.0 Å². The topological polar surface area (TPSA) is 87.9 Å². The number of aliphatic hydroxyl groups excluding tert-OH is 1. The molecule has 9 heteroatoms. The summed E-state index contributed by atoms with van der Waals surface area (Å²) in [7, 11) is 1.30. The molecule has 2 aromatic rings. The zero-order chi connectivity index (χ0) is 19.6. The summed E-state index contributed by atoms with van der Waals surface area (Å²) in [6.45, 7) is 1.52. The molecule has 1 aliphatic rings. The standard InChI is InChI=1S/C18H26N4O4S/c1-20(2)27(24,25)13-15-11-21(12-18(15)23)10-14-9-16(26-3)5-6-17(14)22-8-4-7-19-22/h4-9,15,18,23H,10-13H2,1-3H3/t15-,18+/m0/s1. The number of ether oxygens (including phenoxy) is 1. The minimum Gasteiger partial charge on any atom is -0.497 e. The smallest absolute Gasteiger partial charge is 0.214 e. The van der Waals surface area contributed by atoms with Gasteiger partial charge in [-0.3, -0.25) is 4.90 Å². The van der Waals surface area contributed by atoms with E-state index >= 15 is 0 Å². The third-order valence-corrected chi connectivity index (χ3v) is 6.86. The maximum absolute atomic E-state index is 12.2. The molecule has 0 aliphatic carbocycles. The van der Waals surface area contributed by atoms with Crippen molar-refractivity contribution in [2.45, 2.75) is 12.6 Å². The zero-order valence-electron chi connectivity index (χ0n) is 15.8. The second-order valence-electron chi connectivity index (χ2n) is 7.03. The molecule has 1 N–H and O–H groups in total. The van der Waals surface area contributed by atoms with Crippen LogP contribution in [0, 0.1) is 5.92 Å². The number of rotatable bonds is 7. The molecule has 1 fully saturated rings. The molecule has 148 valence electrons. The SMILES string of the molecule is COc1ccc(-n2cccn2)c(CN2C[C@@H](CS(=O)(=O)N(C)C)[C@H](O)C2)c1. The Balaban J connectivity index is 1.78. The molecule has 1 aliphatic heterocycles. The highest BCUT2D eigenvalue weighted by Crippen LogP contribution is 2.26. The third kappa shape index (κ3) is 4.49. The Hall–Kier alpha value is -1.94. The fourth-order valence-corrected chi connectivity index (χ4v) is 4.51. The molecule has 0 unspecified atom stereocenters. The molecule has 27 heavy (non-hydrogen) atoms. The van der Waals surface area contributed by atoms with Crippen LogP contribution in [0.3, 0.4) is 0 Å². The monoisotopic (exact) mass is 394 g/mol. The number of aliphatic hydroxyl groups is 1. The summed E-state index contributed by atoms with van der Waals surface area (Å²) in [4.78, 5) is 2.07. The van der Waals surface area contributed by atoms with Gasteiger partial charge in [-0.2, -0.15) is 5.10 Å². The van der Waals surface area contributed by atoms with Crippen LogP contribution in [0.4, 0.5) is 0 Å². The summed E-state index contributed by atoms with van der Waals surface area (Å²) in [5.74, 6) is 0.380. The van der Waals surface area contributed by atoms with E-state index in [1.165, 1.54) is 18.4 Å². The van der Waals surface area contributed by atoms with Crippen molar-refractivity contribution in [3.8, 4) is 11.4 Å². The fourth-order valence-electron chi connectivity index (χ4n) is 3.35. The lowest BCUT2D eigenvalue weighted by Crippen LogP contribution is -2.33. The van der Waals surface area contributed by atoms with Gasteiger partial charge in [-0.25, -0.2) is 17.4 Å². The Labute approximate surface area is 160 Å². The van der Waals surface area contributed by atoms with Gasteiger partial charge in [0.15, 0.2) is 0 Å². The van der Waals surface area contributed by atoms with Gasteiger partial charge in [-0.1, -0.05) is 0 Å². The molecular formula is C18H26N4O4S. The molecule has 0 saturated carbocycles. The van der Waals surface area contributed by atoms with Gasteiger partial charge in [0.1, 0.15) is 5.75 Å². The van der Waals surface area contributed by atoms with E-state index in [0.717, 1.165) is 17.0 Å². The summed E-state index contributed by atoms with van der Waals surface area (Å²) in [6, 6.07) is 7.64. The normalized spacial score (nSPS) is 21.1. The first-order valence-electron chi connectivity index (χ1n) is 8.77. The van der Waals surface area contributed by atoms with E-state index in [9.17, 15) is 13.5 Å². The van der Waals surface area contributed by atoms with Gasteiger partial charge in [0.25, 0.3) is 0 Å². The highest BCUT2D eigenvalue weighted by molar-refractivity contribution is 7.89. The number of hydrogen-bond donors (Lipinski definition) is 1. The van der Waals surface area contributed by atoms with Crippen molar-refractivity contribution in [1.82, 2.24) is 19.0 Å². The van der Waals surface area contributed by atoms with E-state index < -0.39 is 16.1 Å². The molecule has 0 bridgehead atoms.